The number of carbonyl (C=O) groups is 3. The van der Waals surface area contributed by atoms with Crippen molar-refractivity contribution in [3.63, 3.8) is 0 Å². The predicted molar refractivity (Wildman–Crippen MR) is 115 cm³/mol. The van der Waals surface area contributed by atoms with Crippen molar-refractivity contribution in [3.05, 3.63) is 0 Å². The Morgan fingerprint density at radius 3 is 0.774 bits per heavy atom. The molecule has 7 heteroatoms. The molecule has 0 saturated carbocycles. The molecule has 0 aromatic carbocycles. The third kappa shape index (κ3) is 53.1. The monoisotopic (exact) mass is 518 g/mol. The molecule has 0 saturated heterocycles. The molecule has 0 aromatic heterocycles. The van der Waals surface area contributed by atoms with E-state index >= 15 is 0 Å². The Balaban J connectivity index is -0.000000174. The third-order valence-corrected chi connectivity index (χ3v) is 4.45. The van der Waals surface area contributed by atoms with E-state index in [0.717, 1.165) is 57.8 Å². The molecule has 0 bridgehead atoms. The van der Waals surface area contributed by atoms with Crippen LogP contribution in [0.4, 0.5) is 0 Å². The minimum Gasteiger partial charge on any atom is -0.550 e. The molecule has 0 atom stereocenters. The van der Waals surface area contributed by atoms with E-state index in [4.69, 9.17) is 0 Å². The first-order chi connectivity index (χ1) is 14.3. The van der Waals surface area contributed by atoms with Crippen LogP contribution in [-0.4, -0.2) is 17.9 Å². The zero-order valence-electron chi connectivity index (χ0n) is 20.3. The van der Waals surface area contributed by atoms with Crippen molar-refractivity contribution < 1.29 is 62.4 Å². The van der Waals surface area contributed by atoms with Gasteiger partial charge in [0.1, 0.15) is 0 Å². The molecule has 31 heavy (non-hydrogen) atoms. The smallest absolute Gasteiger partial charge is 0.550 e. The molecule has 0 aliphatic heterocycles. The van der Waals surface area contributed by atoms with Gasteiger partial charge in [-0.1, -0.05) is 97.8 Å². The van der Waals surface area contributed by atoms with Gasteiger partial charge >= 0.3 is 32.7 Å². The van der Waals surface area contributed by atoms with Crippen molar-refractivity contribution >= 4 is 17.9 Å². The van der Waals surface area contributed by atoms with E-state index in [-0.39, 0.29) is 52.0 Å². The molecule has 6 nitrogen and oxygen atoms in total. The molecule has 0 aliphatic carbocycles. The first-order valence-electron chi connectivity index (χ1n) is 11.9. The van der Waals surface area contributed by atoms with Crippen LogP contribution in [0.25, 0.3) is 0 Å². The Morgan fingerprint density at radius 1 is 0.419 bits per heavy atom. The zero-order chi connectivity index (χ0) is 23.5. The summed E-state index contributed by atoms with van der Waals surface area (Å²) in [6, 6.07) is 0. The van der Waals surface area contributed by atoms with Crippen molar-refractivity contribution in [2.24, 2.45) is 0 Å². The van der Waals surface area contributed by atoms with E-state index in [9.17, 15) is 29.7 Å². The average molecular weight is 519 g/mol. The summed E-state index contributed by atoms with van der Waals surface area (Å²) in [5.41, 5.74) is 0. The molecular weight excluding hydrogens is 473 g/mol. The van der Waals surface area contributed by atoms with E-state index in [0.29, 0.717) is 0 Å². The number of hydrogen-bond acceptors (Lipinski definition) is 6. The molecule has 0 aliphatic rings. The number of aliphatic carboxylic acids is 3. The van der Waals surface area contributed by atoms with Crippen LogP contribution >= 0.6 is 0 Å². The second-order valence-electron chi connectivity index (χ2n) is 7.61. The van der Waals surface area contributed by atoms with Crippen molar-refractivity contribution in [1.82, 2.24) is 0 Å². The summed E-state index contributed by atoms with van der Waals surface area (Å²) in [5, 5.41) is 29.8. The minimum atomic E-state index is -0.920. The van der Waals surface area contributed by atoms with Crippen molar-refractivity contribution in [3.8, 4) is 0 Å². The summed E-state index contributed by atoms with van der Waals surface area (Å²) in [7, 11) is 0. The molecule has 0 unspecified atom stereocenters. The van der Waals surface area contributed by atoms with Gasteiger partial charge in [-0.3, -0.25) is 0 Å². The molecule has 0 amide bonds. The van der Waals surface area contributed by atoms with Crippen molar-refractivity contribution in [2.45, 2.75) is 136 Å². The van der Waals surface area contributed by atoms with Crippen LogP contribution in [0.1, 0.15) is 136 Å². The van der Waals surface area contributed by atoms with Crippen LogP contribution in [0.2, 0.25) is 0 Å². The Labute approximate surface area is 215 Å². The van der Waals surface area contributed by atoms with Crippen molar-refractivity contribution in [2.75, 3.05) is 0 Å². The summed E-state index contributed by atoms with van der Waals surface area (Å²) < 4.78 is 0. The molecule has 0 rings (SSSR count). The van der Waals surface area contributed by atoms with E-state index in [1.165, 1.54) is 38.5 Å². The SMILES string of the molecule is CCCCCCCC(=O)[O-].CCCCCCCC(=O)[O-].CCCCCCCC(=O)[O-].[Y+3]. The normalized spacial score (nSPS) is 9.39. The number of carbonyl (C=O) groups excluding carboxylic acids is 3. The van der Waals surface area contributed by atoms with E-state index < -0.39 is 17.9 Å². The van der Waals surface area contributed by atoms with Crippen LogP contribution in [-0.2, 0) is 47.1 Å². The average Bonchev–Trinajstić information content (AvgIpc) is 2.68. The van der Waals surface area contributed by atoms with Crippen LogP contribution in [0, 0.1) is 0 Å². The first kappa shape index (κ1) is 37.8. The fourth-order valence-electron chi connectivity index (χ4n) is 2.62. The maximum atomic E-state index is 9.92. The summed E-state index contributed by atoms with van der Waals surface area (Å²) in [6.07, 6.45) is 16.8. The largest absolute Gasteiger partial charge is 3.00 e. The van der Waals surface area contributed by atoms with E-state index in [1.807, 2.05) is 0 Å². The van der Waals surface area contributed by atoms with Gasteiger partial charge in [0.2, 0.25) is 0 Å². The van der Waals surface area contributed by atoms with Gasteiger partial charge in [-0.05, 0) is 38.5 Å². The maximum Gasteiger partial charge on any atom is 3.00 e. The van der Waals surface area contributed by atoms with Gasteiger partial charge in [0, 0.05) is 17.9 Å². The van der Waals surface area contributed by atoms with Gasteiger partial charge in [-0.2, -0.15) is 0 Å². The number of rotatable bonds is 18. The molecule has 0 fully saturated rings. The molecular formula is C24H45O6Y. The molecule has 180 valence electrons. The molecule has 0 spiro atoms. The van der Waals surface area contributed by atoms with Gasteiger partial charge in [0.15, 0.2) is 0 Å². The number of hydrogen-bond donors (Lipinski definition) is 0. The van der Waals surface area contributed by atoms with E-state index in [1.54, 1.807) is 0 Å². The fourth-order valence-corrected chi connectivity index (χ4v) is 2.62. The van der Waals surface area contributed by atoms with Crippen LogP contribution in [0.15, 0.2) is 0 Å². The standard InChI is InChI=1S/3C8H16O2.Y/c3*1-2-3-4-5-6-7-8(9)10;/h3*2-7H2,1H3,(H,9,10);/q;;;+3/p-3. The molecule has 0 N–H and O–H groups in total. The first-order valence-corrected chi connectivity index (χ1v) is 11.9. The second-order valence-corrected chi connectivity index (χ2v) is 7.61. The maximum absolute atomic E-state index is 9.92. The van der Waals surface area contributed by atoms with Gasteiger partial charge in [-0.25, -0.2) is 0 Å². The zero-order valence-corrected chi connectivity index (χ0v) is 23.1. The Kier molecular flexibility index (Phi) is 41.6. The molecule has 0 heterocycles. The number of unbranched alkanes of at least 4 members (excludes halogenated alkanes) is 12. The minimum absolute atomic E-state index is 0. The van der Waals surface area contributed by atoms with Crippen LogP contribution in [0.5, 0.6) is 0 Å². The number of carboxylic acids is 3. The van der Waals surface area contributed by atoms with Gasteiger partial charge in [0.05, 0.1) is 0 Å². The van der Waals surface area contributed by atoms with Gasteiger partial charge in [0.25, 0.3) is 0 Å². The van der Waals surface area contributed by atoms with Crippen molar-refractivity contribution in [1.29, 1.82) is 0 Å². The topological polar surface area (TPSA) is 120 Å². The van der Waals surface area contributed by atoms with Gasteiger partial charge in [-0.15, -0.1) is 0 Å². The summed E-state index contributed by atoms with van der Waals surface area (Å²) in [6.45, 7) is 6.41. The summed E-state index contributed by atoms with van der Waals surface area (Å²) in [5.74, 6) is -2.76. The third-order valence-electron chi connectivity index (χ3n) is 4.45. The Bertz CT molecular complexity index is 331. The van der Waals surface area contributed by atoms with E-state index in [2.05, 4.69) is 20.8 Å². The Hall–Kier alpha value is -0.486. The quantitative estimate of drug-likeness (QED) is 0.257. The molecule has 0 aromatic rings. The van der Waals surface area contributed by atoms with Crippen LogP contribution in [0.3, 0.4) is 0 Å². The Morgan fingerprint density at radius 2 is 0.613 bits per heavy atom. The number of carboxylic acid groups (broad SMARTS) is 3. The summed E-state index contributed by atoms with van der Waals surface area (Å²) in [4.78, 5) is 29.8. The van der Waals surface area contributed by atoms with Gasteiger partial charge < -0.3 is 29.7 Å². The van der Waals surface area contributed by atoms with Crippen LogP contribution < -0.4 is 15.3 Å². The summed E-state index contributed by atoms with van der Waals surface area (Å²) >= 11 is 0. The second kappa shape index (κ2) is 34.1. The predicted octanol–water partition coefficient (Wildman–Crippen LogP) is 3.29. The fraction of sp³-hybridized carbons (Fsp3) is 0.875. The molecule has 0 radical (unpaired) electrons.